The number of hydrogen-bond acceptors (Lipinski definition) is 4. The van der Waals surface area contributed by atoms with Crippen LogP contribution in [0.2, 0.25) is 0 Å². The summed E-state index contributed by atoms with van der Waals surface area (Å²) < 4.78 is 7.83. The highest BCUT2D eigenvalue weighted by molar-refractivity contribution is 9.10. The van der Waals surface area contributed by atoms with Gasteiger partial charge in [0.25, 0.3) is 5.91 Å². The molecule has 0 aliphatic heterocycles. The number of aromatic nitrogens is 3. The van der Waals surface area contributed by atoms with E-state index in [4.69, 9.17) is 4.74 Å². The number of methoxy groups -OCH3 is 1. The second kappa shape index (κ2) is 7.48. The quantitative estimate of drug-likeness (QED) is 0.710. The third-order valence-electron chi connectivity index (χ3n) is 3.78. The van der Waals surface area contributed by atoms with Crippen molar-refractivity contribution in [2.45, 2.75) is 13.0 Å². The van der Waals surface area contributed by atoms with Crippen molar-refractivity contribution in [3.05, 3.63) is 70.5 Å². The second-order valence-electron chi connectivity index (χ2n) is 5.47. The minimum absolute atomic E-state index is 0.142. The molecule has 2 aromatic carbocycles. The van der Waals surface area contributed by atoms with E-state index in [2.05, 4.69) is 31.6 Å². The number of ether oxygens (including phenoxy) is 1. The molecule has 0 bridgehead atoms. The number of carbonyl (C=O) groups excluding carboxylic acids is 1. The lowest BCUT2D eigenvalue weighted by Gasteiger charge is -2.13. The molecule has 1 N–H and O–H groups in total. The summed E-state index contributed by atoms with van der Waals surface area (Å²) in [6.45, 7) is 1.92. The highest BCUT2D eigenvalue weighted by Crippen LogP contribution is 2.21. The molecule has 1 unspecified atom stereocenters. The van der Waals surface area contributed by atoms with Crippen molar-refractivity contribution in [2.75, 3.05) is 7.11 Å². The minimum atomic E-state index is -0.281. The number of rotatable bonds is 5. The van der Waals surface area contributed by atoms with E-state index in [1.165, 1.54) is 4.68 Å². The maximum Gasteiger partial charge on any atom is 0.273 e. The van der Waals surface area contributed by atoms with Gasteiger partial charge in [-0.3, -0.25) is 4.79 Å². The first-order valence-corrected chi connectivity index (χ1v) is 8.50. The maximum absolute atomic E-state index is 12.4. The molecule has 1 amide bonds. The highest BCUT2D eigenvalue weighted by Gasteiger charge is 2.16. The zero-order valence-electron chi connectivity index (χ0n) is 13.8. The Morgan fingerprint density at radius 1 is 1.20 bits per heavy atom. The molecule has 6 nitrogen and oxygen atoms in total. The Kier molecular flexibility index (Phi) is 5.14. The first-order chi connectivity index (χ1) is 12.1. The maximum atomic E-state index is 12.4. The van der Waals surface area contributed by atoms with Crippen LogP contribution in [-0.4, -0.2) is 28.0 Å². The van der Waals surface area contributed by atoms with E-state index in [0.29, 0.717) is 5.75 Å². The summed E-state index contributed by atoms with van der Waals surface area (Å²) in [5.74, 6) is 0.374. The molecule has 0 aliphatic rings. The van der Waals surface area contributed by atoms with Gasteiger partial charge in [-0.05, 0) is 36.8 Å². The molecule has 128 valence electrons. The third-order valence-corrected chi connectivity index (χ3v) is 4.30. The van der Waals surface area contributed by atoms with Crippen LogP contribution in [0.3, 0.4) is 0 Å². The topological polar surface area (TPSA) is 69.0 Å². The largest absolute Gasteiger partial charge is 0.494 e. The van der Waals surface area contributed by atoms with E-state index in [-0.39, 0.29) is 17.6 Å². The molecule has 1 heterocycles. The Labute approximate surface area is 153 Å². The van der Waals surface area contributed by atoms with E-state index in [9.17, 15) is 4.79 Å². The third kappa shape index (κ3) is 3.88. The van der Waals surface area contributed by atoms with E-state index < -0.39 is 0 Å². The lowest BCUT2D eigenvalue weighted by molar-refractivity contribution is 0.0934. The lowest BCUT2D eigenvalue weighted by Crippen LogP contribution is -2.26. The normalized spacial score (nSPS) is 11.8. The Morgan fingerprint density at radius 3 is 2.64 bits per heavy atom. The fraction of sp³-hybridized carbons (Fsp3) is 0.167. The van der Waals surface area contributed by atoms with Gasteiger partial charge < -0.3 is 10.1 Å². The van der Waals surface area contributed by atoms with E-state index in [0.717, 1.165) is 15.7 Å². The van der Waals surface area contributed by atoms with Crippen LogP contribution >= 0.6 is 15.9 Å². The van der Waals surface area contributed by atoms with Gasteiger partial charge in [0.05, 0.1) is 19.3 Å². The predicted octanol–water partition coefficient (Wildman–Crippen LogP) is 3.53. The molecule has 0 saturated heterocycles. The van der Waals surface area contributed by atoms with Crippen LogP contribution in [0.25, 0.3) is 5.69 Å². The number of hydrogen-bond donors (Lipinski definition) is 1. The molecule has 25 heavy (non-hydrogen) atoms. The number of nitrogens with zero attached hydrogens (tertiary/aromatic N) is 3. The highest BCUT2D eigenvalue weighted by atomic mass is 79.9. The Morgan fingerprint density at radius 2 is 1.92 bits per heavy atom. The first kappa shape index (κ1) is 17.2. The molecule has 1 atom stereocenters. The number of halogens is 1. The van der Waals surface area contributed by atoms with Crippen molar-refractivity contribution >= 4 is 21.8 Å². The molecular formula is C18H17BrN4O2. The smallest absolute Gasteiger partial charge is 0.273 e. The summed E-state index contributed by atoms with van der Waals surface area (Å²) >= 11 is 3.40. The Bertz CT molecular complexity index is 877. The SMILES string of the molecule is COc1ccccc1-n1cc(C(=O)NC(C)c2ccc(Br)cc2)nn1. The molecule has 1 aromatic heterocycles. The van der Waals surface area contributed by atoms with Gasteiger partial charge in [0.15, 0.2) is 5.69 Å². The molecule has 0 fully saturated rings. The summed E-state index contributed by atoms with van der Waals surface area (Å²) in [4.78, 5) is 12.4. The fourth-order valence-corrected chi connectivity index (χ4v) is 2.67. The van der Waals surface area contributed by atoms with Crippen LogP contribution in [0.4, 0.5) is 0 Å². The summed E-state index contributed by atoms with van der Waals surface area (Å²) in [6.07, 6.45) is 1.58. The molecule has 0 spiro atoms. The van der Waals surface area contributed by atoms with Gasteiger partial charge in [-0.25, -0.2) is 4.68 Å². The van der Waals surface area contributed by atoms with Gasteiger partial charge in [0.1, 0.15) is 11.4 Å². The zero-order chi connectivity index (χ0) is 17.8. The van der Waals surface area contributed by atoms with Crippen molar-refractivity contribution in [3.8, 4) is 11.4 Å². The average Bonchev–Trinajstić information content (AvgIpc) is 3.12. The monoisotopic (exact) mass is 400 g/mol. The number of para-hydroxylation sites is 2. The molecule has 0 saturated carbocycles. The Hall–Kier alpha value is -2.67. The van der Waals surface area contributed by atoms with Gasteiger partial charge in [0, 0.05) is 4.47 Å². The fourth-order valence-electron chi connectivity index (χ4n) is 2.41. The summed E-state index contributed by atoms with van der Waals surface area (Å²) in [7, 11) is 1.59. The van der Waals surface area contributed by atoms with Crippen LogP contribution in [0.1, 0.15) is 29.0 Å². The van der Waals surface area contributed by atoms with Gasteiger partial charge in [-0.15, -0.1) is 5.10 Å². The van der Waals surface area contributed by atoms with Crippen LogP contribution in [0, 0.1) is 0 Å². The van der Waals surface area contributed by atoms with Crippen molar-refractivity contribution in [1.82, 2.24) is 20.3 Å². The molecular weight excluding hydrogens is 384 g/mol. The number of amides is 1. The number of nitrogens with one attached hydrogen (secondary N) is 1. The van der Waals surface area contributed by atoms with Crippen LogP contribution < -0.4 is 10.1 Å². The van der Waals surface area contributed by atoms with Crippen molar-refractivity contribution < 1.29 is 9.53 Å². The summed E-state index contributed by atoms with van der Waals surface area (Å²) in [5, 5.41) is 10.9. The molecule has 0 aliphatic carbocycles. The number of benzene rings is 2. The Balaban J connectivity index is 1.75. The van der Waals surface area contributed by atoms with Gasteiger partial charge in [0.2, 0.25) is 0 Å². The summed E-state index contributed by atoms with van der Waals surface area (Å²) in [6, 6.07) is 15.1. The molecule has 3 rings (SSSR count). The van der Waals surface area contributed by atoms with E-state index >= 15 is 0 Å². The number of carbonyl (C=O) groups is 1. The standard InChI is InChI=1S/C18H17BrN4O2/c1-12(13-7-9-14(19)10-8-13)20-18(24)15-11-23(22-21-15)16-5-3-4-6-17(16)25-2/h3-12H,1-2H3,(H,20,24). The van der Waals surface area contributed by atoms with Crippen LogP contribution in [0.15, 0.2) is 59.2 Å². The average molecular weight is 401 g/mol. The lowest BCUT2D eigenvalue weighted by atomic mass is 10.1. The van der Waals surface area contributed by atoms with Gasteiger partial charge in [-0.2, -0.15) is 0 Å². The van der Waals surface area contributed by atoms with Crippen LogP contribution in [0.5, 0.6) is 5.75 Å². The van der Waals surface area contributed by atoms with Gasteiger partial charge in [-0.1, -0.05) is 45.4 Å². The molecule has 3 aromatic rings. The minimum Gasteiger partial charge on any atom is -0.494 e. The van der Waals surface area contributed by atoms with Crippen molar-refractivity contribution in [1.29, 1.82) is 0 Å². The van der Waals surface area contributed by atoms with Gasteiger partial charge >= 0.3 is 0 Å². The zero-order valence-corrected chi connectivity index (χ0v) is 15.4. The first-order valence-electron chi connectivity index (χ1n) is 7.70. The second-order valence-corrected chi connectivity index (χ2v) is 6.38. The van der Waals surface area contributed by atoms with Crippen molar-refractivity contribution in [3.63, 3.8) is 0 Å². The van der Waals surface area contributed by atoms with Crippen LogP contribution in [-0.2, 0) is 0 Å². The van der Waals surface area contributed by atoms with E-state index in [1.54, 1.807) is 13.3 Å². The summed E-state index contributed by atoms with van der Waals surface area (Å²) in [5.41, 5.74) is 1.97. The van der Waals surface area contributed by atoms with Crippen molar-refractivity contribution in [2.24, 2.45) is 0 Å². The molecule has 0 radical (unpaired) electrons. The molecule has 7 heteroatoms. The van der Waals surface area contributed by atoms with E-state index in [1.807, 2.05) is 55.5 Å². The predicted molar refractivity (Wildman–Crippen MR) is 97.9 cm³/mol.